The molecule has 1 fully saturated rings. The quantitative estimate of drug-likeness (QED) is 0.840. The lowest BCUT2D eigenvalue weighted by molar-refractivity contribution is 0.242. The zero-order valence-corrected chi connectivity index (χ0v) is 14.3. The topological polar surface area (TPSA) is 32.3 Å². The highest BCUT2D eigenvalue weighted by atomic mass is 35.5. The minimum Gasteiger partial charge on any atom is -0.355 e. The number of piperidine rings is 1. The third-order valence-electron chi connectivity index (χ3n) is 4.43. The van der Waals surface area contributed by atoms with Crippen molar-refractivity contribution in [3.05, 3.63) is 53.4 Å². The Kier molecular flexibility index (Phi) is 5.47. The number of hydrogen-bond donors (Lipinski definition) is 0. The van der Waals surface area contributed by atoms with E-state index in [1.807, 2.05) is 0 Å². The fraction of sp³-hybridized carbons (Fsp3) is 0.444. The number of anilines is 1. The van der Waals surface area contributed by atoms with Crippen LogP contribution >= 0.6 is 11.6 Å². The van der Waals surface area contributed by atoms with E-state index < -0.39 is 0 Å². The van der Waals surface area contributed by atoms with Gasteiger partial charge in [0.1, 0.15) is 11.3 Å². The van der Waals surface area contributed by atoms with E-state index in [9.17, 15) is 0 Å². The molecule has 23 heavy (non-hydrogen) atoms. The molecule has 0 saturated carbocycles. The van der Waals surface area contributed by atoms with Crippen LogP contribution < -0.4 is 4.90 Å². The van der Waals surface area contributed by atoms with Crippen LogP contribution in [-0.2, 0) is 6.54 Å². The van der Waals surface area contributed by atoms with Crippen LogP contribution in [-0.4, -0.2) is 41.5 Å². The molecular weight excluding hydrogens is 308 g/mol. The van der Waals surface area contributed by atoms with Crippen LogP contribution in [0.1, 0.15) is 18.4 Å². The van der Waals surface area contributed by atoms with E-state index in [-0.39, 0.29) is 0 Å². The molecule has 0 atom stereocenters. The molecule has 1 aliphatic heterocycles. The van der Waals surface area contributed by atoms with E-state index in [0.717, 1.165) is 37.9 Å². The average Bonchev–Trinajstić information content (AvgIpc) is 2.57. The Labute approximate surface area is 143 Å². The number of halogens is 1. The molecule has 0 spiro atoms. The molecule has 0 aliphatic carbocycles. The van der Waals surface area contributed by atoms with Crippen LogP contribution in [0, 0.1) is 5.92 Å². The maximum absolute atomic E-state index is 6.19. The van der Waals surface area contributed by atoms with Crippen molar-refractivity contribution < 1.29 is 0 Å². The van der Waals surface area contributed by atoms with Gasteiger partial charge in [-0.1, -0.05) is 41.9 Å². The Bertz CT molecular complexity index is 611. The maximum Gasteiger partial charge on any atom is 0.150 e. The Morgan fingerprint density at radius 3 is 2.65 bits per heavy atom. The minimum absolute atomic E-state index is 0.646. The zero-order chi connectivity index (χ0) is 16.1. The maximum atomic E-state index is 6.19. The molecule has 3 rings (SSSR count). The van der Waals surface area contributed by atoms with Gasteiger partial charge in [0.05, 0.1) is 6.20 Å². The summed E-state index contributed by atoms with van der Waals surface area (Å²) in [6.07, 6.45) is 5.60. The van der Waals surface area contributed by atoms with Crippen molar-refractivity contribution in [2.45, 2.75) is 19.4 Å². The molecule has 0 radical (unpaired) electrons. The summed E-state index contributed by atoms with van der Waals surface area (Å²) < 4.78 is 0. The molecule has 0 amide bonds. The predicted molar refractivity (Wildman–Crippen MR) is 94.8 cm³/mol. The van der Waals surface area contributed by atoms with Crippen molar-refractivity contribution in [2.24, 2.45) is 5.92 Å². The lowest BCUT2D eigenvalue weighted by atomic mass is 9.96. The van der Waals surface area contributed by atoms with Crippen LogP contribution in [0.15, 0.2) is 42.9 Å². The highest BCUT2D eigenvalue weighted by molar-refractivity contribution is 6.32. The van der Waals surface area contributed by atoms with Crippen molar-refractivity contribution in [1.29, 1.82) is 0 Å². The fourth-order valence-corrected chi connectivity index (χ4v) is 3.49. The van der Waals surface area contributed by atoms with Crippen molar-refractivity contribution in [2.75, 3.05) is 31.6 Å². The van der Waals surface area contributed by atoms with E-state index in [2.05, 4.69) is 57.1 Å². The van der Waals surface area contributed by atoms with Crippen LogP contribution in [0.4, 0.5) is 5.82 Å². The summed E-state index contributed by atoms with van der Waals surface area (Å²) in [7, 11) is 2.21. The smallest absolute Gasteiger partial charge is 0.150 e. The van der Waals surface area contributed by atoms with Gasteiger partial charge < -0.3 is 9.80 Å². The average molecular weight is 331 g/mol. The zero-order valence-electron chi connectivity index (χ0n) is 13.5. The van der Waals surface area contributed by atoms with E-state index in [1.54, 1.807) is 12.5 Å². The van der Waals surface area contributed by atoms with Crippen LogP contribution in [0.3, 0.4) is 0 Å². The first-order valence-corrected chi connectivity index (χ1v) is 8.53. The molecule has 2 aromatic rings. The number of aromatic nitrogens is 2. The molecule has 1 aromatic heterocycles. The van der Waals surface area contributed by atoms with E-state index >= 15 is 0 Å². The molecule has 0 bridgehead atoms. The first kappa shape index (κ1) is 16.2. The largest absolute Gasteiger partial charge is 0.355 e. The van der Waals surface area contributed by atoms with Gasteiger partial charge in [-0.15, -0.1) is 0 Å². The molecule has 1 saturated heterocycles. The number of nitrogens with zero attached hydrogens (tertiary/aromatic N) is 4. The van der Waals surface area contributed by atoms with E-state index in [4.69, 9.17) is 11.6 Å². The molecule has 4 nitrogen and oxygen atoms in total. The van der Waals surface area contributed by atoms with Gasteiger partial charge in [0.2, 0.25) is 0 Å². The van der Waals surface area contributed by atoms with Gasteiger partial charge in [-0.3, -0.25) is 0 Å². The molecule has 0 N–H and O–H groups in total. The van der Waals surface area contributed by atoms with Gasteiger partial charge in [0, 0.05) is 26.2 Å². The Balaban J connectivity index is 1.48. The second-order valence-corrected chi connectivity index (χ2v) is 6.71. The lowest BCUT2D eigenvalue weighted by Crippen LogP contribution is -2.38. The standard InChI is InChI=1S/C18H23ClN4/c1-22(12-15-5-3-2-4-6-15)13-16-7-9-23(10-8-16)18-17(19)11-20-14-21-18/h2-6,11,14,16H,7-10,12-13H2,1H3. The summed E-state index contributed by atoms with van der Waals surface area (Å²) in [5.41, 5.74) is 1.38. The molecular formula is C18H23ClN4. The van der Waals surface area contributed by atoms with E-state index in [1.165, 1.54) is 18.4 Å². The molecule has 1 aliphatic rings. The highest BCUT2D eigenvalue weighted by Crippen LogP contribution is 2.27. The molecule has 122 valence electrons. The summed E-state index contributed by atoms with van der Waals surface area (Å²) in [5, 5.41) is 0.646. The Morgan fingerprint density at radius 1 is 1.22 bits per heavy atom. The van der Waals surface area contributed by atoms with Crippen LogP contribution in [0.25, 0.3) is 0 Å². The number of benzene rings is 1. The van der Waals surface area contributed by atoms with Crippen LogP contribution in [0.5, 0.6) is 0 Å². The molecule has 1 aromatic carbocycles. The molecule has 2 heterocycles. The second-order valence-electron chi connectivity index (χ2n) is 6.31. The third kappa shape index (κ3) is 4.43. The van der Waals surface area contributed by atoms with Gasteiger partial charge in [0.15, 0.2) is 5.82 Å². The van der Waals surface area contributed by atoms with Gasteiger partial charge in [-0.2, -0.15) is 0 Å². The second kappa shape index (κ2) is 7.75. The minimum atomic E-state index is 0.646. The fourth-order valence-electron chi connectivity index (χ4n) is 3.27. The van der Waals surface area contributed by atoms with Crippen molar-refractivity contribution >= 4 is 17.4 Å². The normalized spacial score (nSPS) is 16.0. The third-order valence-corrected chi connectivity index (χ3v) is 4.69. The highest BCUT2D eigenvalue weighted by Gasteiger charge is 2.22. The van der Waals surface area contributed by atoms with E-state index in [0.29, 0.717) is 5.02 Å². The summed E-state index contributed by atoms with van der Waals surface area (Å²) in [6, 6.07) is 10.7. The van der Waals surface area contributed by atoms with Crippen molar-refractivity contribution in [1.82, 2.24) is 14.9 Å². The summed E-state index contributed by atoms with van der Waals surface area (Å²) in [4.78, 5) is 13.0. The van der Waals surface area contributed by atoms with Gasteiger partial charge >= 0.3 is 0 Å². The van der Waals surface area contributed by atoms with Crippen molar-refractivity contribution in [3.8, 4) is 0 Å². The van der Waals surface area contributed by atoms with Crippen molar-refractivity contribution in [3.63, 3.8) is 0 Å². The summed E-state index contributed by atoms with van der Waals surface area (Å²) in [6.45, 7) is 4.18. The monoisotopic (exact) mass is 330 g/mol. The van der Waals surface area contributed by atoms with Gasteiger partial charge in [-0.25, -0.2) is 9.97 Å². The predicted octanol–water partition coefficient (Wildman–Crippen LogP) is 3.48. The number of hydrogen-bond acceptors (Lipinski definition) is 4. The van der Waals surface area contributed by atoms with Gasteiger partial charge in [-0.05, 0) is 31.4 Å². The van der Waals surface area contributed by atoms with Crippen LogP contribution in [0.2, 0.25) is 5.02 Å². The lowest BCUT2D eigenvalue weighted by Gasteiger charge is -2.34. The first-order valence-electron chi connectivity index (χ1n) is 8.15. The molecule has 5 heteroatoms. The summed E-state index contributed by atoms with van der Waals surface area (Å²) >= 11 is 6.19. The first-order chi connectivity index (χ1) is 11.2. The summed E-state index contributed by atoms with van der Waals surface area (Å²) in [5.74, 6) is 1.61. The van der Waals surface area contributed by atoms with Gasteiger partial charge in [0.25, 0.3) is 0 Å². The Morgan fingerprint density at radius 2 is 1.96 bits per heavy atom. The molecule has 0 unspecified atom stereocenters. The Hall–Kier alpha value is -1.65. The SMILES string of the molecule is CN(Cc1ccccc1)CC1CCN(c2ncncc2Cl)CC1. The number of rotatable bonds is 5.